The summed E-state index contributed by atoms with van der Waals surface area (Å²) in [5.41, 5.74) is -0.397. The molecule has 0 aliphatic rings. The molecule has 0 saturated carbocycles. The first-order valence-corrected chi connectivity index (χ1v) is 9.48. The maximum absolute atomic E-state index is 13.3. The topological polar surface area (TPSA) is 88.9 Å². The van der Waals surface area contributed by atoms with Crippen LogP contribution in [0.5, 0.6) is 5.75 Å². The monoisotopic (exact) mass is 491 g/mol. The molecule has 2 heterocycles. The number of halogens is 7. The van der Waals surface area contributed by atoms with Crippen LogP contribution in [0.4, 0.5) is 32.0 Å². The van der Waals surface area contributed by atoms with E-state index in [-0.39, 0.29) is 18.1 Å². The predicted octanol–water partition coefficient (Wildman–Crippen LogP) is 5.84. The molecule has 174 valence electrons. The van der Waals surface area contributed by atoms with Gasteiger partial charge in [0.1, 0.15) is 11.3 Å². The molecule has 0 spiro atoms. The van der Waals surface area contributed by atoms with Gasteiger partial charge in [-0.3, -0.25) is 0 Å². The second-order valence-electron chi connectivity index (χ2n) is 6.79. The second-order valence-corrected chi connectivity index (χ2v) is 7.20. The lowest BCUT2D eigenvalue weighted by molar-refractivity contribution is -0.158. The highest BCUT2D eigenvalue weighted by Gasteiger charge is 2.36. The highest BCUT2D eigenvalue weighted by molar-refractivity contribution is 6.32. The number of hydrogen-bond acceptors (Lipinski definition) is 6. The van der Waals surface area contributed by atoms with Crippen molar-refractivity contribution >= 4 is 28.3 Å². The van der Waals surface area contributed by atoms with E-state index in [1.54, 1.807) is 18.2 Å². The molecular formula is C19H12ClF6N5O2. The first-order chi connectivity index (χ1) is 15.5. The standard InChI is InChI=1S/C19H12ClF6N5O2/c20-13-3-9-4-16(17-28-30-31-29-17)33-15(9)5-10(13)7-27-11-1-2-14(32-8-18(21,22)23)12(6-11)19(24,25)26/h1-6,27H,7-8H2,(H,28,29,30,31). The Balaban J connectivity index is 1.55. The van der Waals surface area contributed by atoms with E-state index >= 15 is 0 Å². The van der Waals surface area contributed by atoms with Crippen LogP contribution in [0, 0.1) is 0 Å². The van der Waals surface area contributed by atoms with Crippen molar-refractivity contribution in [1.82, 2.24) is 20.6 Å². The van der Waals surface area contributed by atoms with E-state index in [2.05, 4.69) is 30.7 Å². The molecule has 0 saturated heterocycles. The third-order valence-electron chi connectivity index (χ3n) is 4.41. The van der Waals surface area contributed by atoms with E-state index in [1.807, 2.05) is 0 Å². The van der Waals surface area contributed by atoms with E-state index in [1.165, 1.54) is 6.07 Å². The molecule has 7 nitrogen and oxygen atoms in total. The van der Waals surface area contributed by atoms with Gasteiger partial charge in [-0.1, -0.05) is 11.6 Å². The maximum atomic E-state index is 13.3. The Morgan fingerprint density at radius 1 is 1.06 bits per heavy atom. The van der Waals surface area contributed by atoms with Gasteiger partial charge in [0.2, 0.25) is 5.82 Å². The first-order valence-electron chi connectivity index (χ1n) is 9.10. The minimum atomic E-state index is -4.92. The molecule has 0 radical (unpaired) electrons. The van der Waals surface area contributed by atoms with E-state index in [0.29, 0.717) is 33.4 Å². The second kappa shape index (κ2) is 8.46. The fourth-order valence-electron chi connectivity index (χ4n) is 2.96. The minimum absolute atomic E-state index is 0.00442. The van der Waals surface area contributed by atoms with Crippen LogP contribution in [0.25, 0.3) is 22.6 Å². The summed E-state index contributed by atoms with van der Waals surface area (Å²) in [6, 6.07) is 7.52. The Morgan fingerprint density at radius 3 is 2.52 bits per heavy atom. The van der Waals surface area contributed by atoms with Gasteiger partial charge in [-0.05, 0) is 47.2 Å². The molecule has 14 heteroatoms. The van der Waals surface area contributed by atoms with Gasteiger partial charge in [0.25, 0.3) is 0 Å². The van der Waals surface area contributed by atoms with Gasteiger partial charge in [0.15, 0.2) is 12.4 Å². The van der Waals surface area contributed by atoms with Gasteiger partial charge >= 0.3 is 12.4 Å². The zero-order valence-corrected chi connectivity index (χ0v) is 16.9. The largest absolute Gasteiger partial charge is 0.483 e. The first kappa shape index (κ1) is 22.7. The number of nitrogens with one attached hydrogen (secondary N) is 2. The Hall–Kier alpha value is -3.48. The van der Waals surface area contributed by atoms with Gasteiger partial charge < -0.3 is 14.5 Å². The van der Waals surface area contributed by atoms with Crippen molar-refractivity contribution in [3.05, 3.63) is 52.5 Å². The van der Waals surface area contributed by atoms with Crippen LogP contribution in [0.1, 0.15) is 11.1 Å². The quantitative estimate of drug-likeness (QED) is 0.329. The van der Waals surface area contributed by atoms with Crippen LogP contribution in [-0.2, 0) is 12.7 Å². The fourth-order valence-corrected chi connectivity index (χ4v) is 3.20. The number of aromatic nitrogens is 4. The van der Waals surface area contributed by atoms with Crippen LogP contribution in [-0.4, -0.2) is 33.4 Å². The van der Waals surface area contributed by atoms with Gasteiger partial charge in [0.05, 0.1) is 5.56 Å². The number of hydrogen-bond donors (Lipinski definition) is 2. The summed E-state index contributed by atoms with van der Waals surface area (Å²) in [5, 5.41) is 17.1. The molecule has 2 aromatic carbocycles. The number of aromatic amines is 1. The number of nitrogens with zero attached hydrogens (tertiary/aromatic N) is 3. The van der Waals surface area contributed by atoms with Crippen LogP contribution in [0.2, 0.25) is 5.02 Å². The van der Waals surface area contributed by atoms with Crippen LogP contribution >= 0.6 is 11.6 Å². The summed E-state index contributed by atoms with van der Waals surface area (Å²) in [4.78, 5) is 0. The molecule has 2 N–H and O–H groups in total. The molecule has 0 atom stereocenters. The van der Waals surface area contributed by atoms with Crippen LogP contribution in [0.3, 0.4) is 0 Å². The van der Waals surface area contributed by atoms with Crippen LogP contribution in [0.15, 0.2) is 40.8 Å². The molecule has 33 heavy (non-hydrogen) atoms. The Labute approximate surface area is 185 Å². The number of ether oxygens (including phenoxy) is 1. The molecule has 0 aliphatic heterocycles. The van der Waals surface area contributed by atoms with Crippen molar-refractivity contribution in [2.24, 2.45) is 0 Å². The lowest BCUT2D eigenvalue weighted by Gasteiger charge is -2.17. The zero-order valence-electron chi connectivity index (χ0n) is 16.2. The van der Waals surface area contributed by atoms with Crippen molar-refractivity contribution < 1.29 is 35.5 Å². The van der Waals surface area contributed by atoms with Gasteiger partial charge in [-0.2, -0.15) is 31.6 Å². The molecule has 0 aliphatic carbocycles. The Morgan fingerprint density at radius 2 is 1.85 bits per heavy atom. The number of fused-ring (bicyclic) bond motifs is 1. The fraction of sp³-hybridized carbons (Fsp3) is 0.211. The van der Waals surface area contributed by atoms with E-state index in [4.69, 9.17) is 16.0 Å². The highest BCUT2D eigenvalue weighted by atomic mass is 35.5. The average Bonchev–Trinajstić information content (AvgIpc) is 3.39. The number of H-pyrrole nitrogens is 1. The summed E-state index contributed by atoms with van der Waals surface area (Å²) < 4.78 is 87.0. The predicted molar refractivity (Wildman–Crippen MR) is 105 cm³/mol. The van der Waals surface area contributed by atoms with Crippen molar-refractivity contribution in [3.63, 3.8) is 0 Å². The highest BCUT2D eigenvalue weighted by Crippen LogP contribution is 2.39. The normalized spacial score (nSPS) is 12.3. The van der Waals surface area contributed by atoms with E-state index in [0.717, 1.165) is 6.07 Å². The third kappa shape index (κ3) is 5.30. The summed E-state index contributed by atoms with van der Waals surface area (Å²) >= 11 is 6.28. The van der Waals surface area contributed by atoms with Crippen LogP contribution < -0.4 is 10.1 Å². The summed E-state index contributed by atoms with van der Waals surface area (Å²) in [7, 11) is 0. The van der Waals surface area contributed by atoms with Crippen molar-refractivity contribution in [2.45, 2.75) is 18.9 Å². The van der Waals surface area contributed by atoms with Gasteiger partial charge in [-0.15, -0.1) is 10.2 Å². The molecular weight excluding hydrogens is 480 g/mol. The number of rotatable bonds is 6. The lowest BCUT2D eigenvalue weighted by atomic mass is 10.1. The average molecular weight is 492 g/mol. The van der Waals surface area contributed by atoms with Crippen molar-refractivity contribution in [2.75, 3.05) is 11.9 Å². The van der Waals surface area contributed by atoms with Gasteiger partial charge in [0, 0.05) is 22.6 Å². The molecule has 4 rings (SSSR count). The number of anilines is 1. The summed E-state index contributed by atoms with van der Waals surface area (Å²) in [6.45, 7) is -1.83. The number of furan rings is 1. The molecule has 0 unspecified atom stereocenters. The lowest BCUT2D eigenvalue weighted by Crippen LogP contribution is -2.21. The van der Waals surface area contributed by atoms with Crippen molar-refractivity contribution in [3.8, 4) is 17.3 Å². The van der Waals surface area contributed by atoms with E-state index < -0.39 is 30.3 Å². The zero-order chi connectivity index (χ0) is 23.8. The minimum Gasteiger partial charge on any atom is -0.483 e. The van der Waals surface area contributed by atoms with E-state index in [9.17, 15) is 26.3 Å². The maximum Gasteiger partial charge on any atom is 0.422 e. The summed E-state index contributed by atoms with van der Waals surface area (Å²) in [6.07, 6.45) is -9.69. The smallest absolute Gasteiger partial charge is 0.422 e. The number of tetrazole rings is 1. The number of alkyl halides is 6. The SMILES string of the molecule is FC(F)(F)COc1ccc(NCc2cc3oc(-c4nn[nH]n4)cc3cc2Cl)cc1C(F)(F)F. The molecule has 0 bridgehead atoms. The molecule has 0 amide bonds. The Bertz CT molecular complexity index is 1270. The number of benzene rings is 2. The molecule has 2 aromatic heterocycles. The molecule has 4 aromatic rings. The van der Waals surface area contributed by atoms with Gasteiger partial charge in [-0.25, -0.2) is 0 Å². The third-order valence-corrected chi connectivity index (χ3v) is 4.76. The Kier molecular flexibility index (Phi) is 5.82. The van der Waals surface area contributed by atoms with Crippen molar-refractivity contribution in [1.29, 1.82) is 0 Å². The molecule has 0 fully saturated rings. The summed E-state index contributed by atoms with van der Waals surface area (Å²) in [5.74, 6) is -0.354.